The zero-order valence-corrected chi connectivity index (χ0v) is 15.9. The number of aryl methyl sites for hydroxylation is 2. The lowest BCUT2D eigenvalue weighted by molar-refractivity contribution is -0.151. The molecule has 1 saturated heterocycles. The van der Waals surface area contributed by atoms with Gasteiger partial charge in [-0.05, 0) is 26.7 Å². The van der Waals surface area contributed by atoms with E-state index in [0.29, 0.717) is 13.1 Å². The van der Waals surface area contributed by atoms with Gasteiger partial charge in [-0.1, -0.05) is 24.4 Å². The third-order valence-corrected chi connectivity index (χ3v) is 5.85. The Hall–Kier alpha value is -1.94. The molecule has 9 nitrogen and oxygen atoms in total. The van der Waals surface area contributed by atoms with E-state index in [1.54, 1.807) is 4.90 Å². The second-order valence-electron chi connectivity index (χ2n) is 6.29. The molecule has 0 aromatic carbocycles. The molecule has 2 rings (SSSR count). The van der Waals surface area contributed by atoms with Crippen LogP contribution in [0.5, 0.6) is 0 Å². The van der Waals surface area contributed by atoms with E-state index in [0.717, 1.165) is 25.7 Å². The van der Waals surface area contributed by atoms with E-state index < -0.39 is 22.5 Å². The SMILES string of the molecule is Cc1noc(C)c1S(=O)(=O)NCC(=O)OCC(=O)N1CCCCCCC1. The third-order valence-electron chi connectivity index (χ3n) is 4.21. The first kappa shape index (κ1) is 20.4. The van der Waals surface area contributed by atoms with Gasteiger partial charge in [-0.2, -0.15) is 4.72 Å². The van der Waals surface area contributed by atoms with Crippen LogP contribution in [0.1, 0.15) is 43.6 Å². The molecular formula is C16H25N3O6S. The van der Waals surface area contributed by atoms with Crippen molar-refractivity contribution in [2.45, 2.75) is 50.8 Å². The number of aromatic nitrogens is 1. The molecule has 1 amide bonds. The lowest BCUT2D eigenvalue weighted by atomic mass is 10.1. The van der Waals surface area contributed by atoms with Gasteiger partial charge < -0.3 is 14.2 Å². The highest BCUT2D eigenvalue weighted by atomic mass is 32.2. The number of ether oxygens (including phenoxy) is 1. The Morgan fingerprint density at radius 3 is 2.35 bits per heavy atom. The average Bonchev–Trinajstić information content (AvgIpc) is 2.90. The quantitative estimate of drug-likeness (QED) is 0.721. The molecule has 10 heteroatoms. The molecule has 1 aliphatic heterocycles. The Balaban J connectivity index is 1.80. The number of likely N-dealkylation sites (tertiary alicyclic amines) is 1. The first-order valence-corrected chi connectivity index (χ1v) is 10.2. The highest BCUT2D eigenvalue weighted by Gasteiger charge is 2.25. The van der Waals surface area contributed by atoms with Crippen LogP contribution in [0.15, 0.2) is 9.42 Å². The lowest BCUT2D eigenvalue weighted by Gasteiger charge is -2.24. The van der Waals surface area contributed by atoms with Crippen LogP contribution in [0.3, 0.4) is 0 Å². The number of carbonyl (C=O) groups is 2. The van der Waals surface area contributed by atoms with Gasteiger partial charge in [-0.3, -0.25) is 9.59 Å². The van der Waals surface area contributed by atoms with E-state index in [9.17, 15) is 18.0 Å². The molecule has 1 aromatic rings. The summed E-state index contributed by atoms with van der Waals surface area (Å²) in [5, 5.41) is 3.57. The molecular weight excluding hydrogens is 362 g/mol. The number of amides is 1. The average molecular weight is 387 g/mol. The summed E-state index contributed by atoms with van der Waals surface area (Å²) in [6.45, 7) is 3.33. The number of esters is 1. The minimum Gasteiger partial charge on any atom is -0.455 e. The Morgan fingerprint density at radius 2 is 1.77 bits per heavy atom. The zero-order chi connectivity index (χ0) is 19.2. The summed E-state index contributed by atoms with van der Waals surface area (Å²) in [6, 6.07) is 0. The largest absolute Gasteiger partial charge is 0.455 e. The molecule has 0 radical (unpaired) electrons. The van der Waals surface area contributed by atoms with Gasteiger partial charge in [-0.25, -0.2) is 8.42 Å². The summed E-state index contributed by atoms with van der Waals surface area (Å²) < 4.78 is 36.3. The second kappa shape index (κ2) is 9.13. The molecule has 0 atom stereocenters. The van der Waals surface area contributed by atoms with Gasteiger partial charge in [-0.15, -0.1) is 0 Å². The van der Waals surface area contributed by atoms with E-state index in [1.165, 1.54) is 20.3 Å². The van der Waals surface area contributed by atoms with Crippen molar-refractivity contribution < 1.29 is 27.3 Å². The van der Waals surface area contributed by atoms with Gasteiger partial charge in [0.25, 0.3) is 5.91 Å². The predicted octanol–water partition coefficient (Wildman–Crippen LogP) is 0.906. The fourth-order valence-corrected chi connectivity index (χ4v) is 4.16. The summed E-state index contributed by atoms with van der Waals surface area (Å²) in [7, 11) is -3.94. The first-order valence-electron chi connectivity index (χ1n) is 8.67. The summed E-state index contributed by atoms with van der Waals surface area (Å²) in [4.78, 5) is 25.5. The molecule has 0 saturated carbocycles. The maximum Gasteiger partial charge on any atom is 0.321 e. The number of carbonyl (C=O) groups excluding carboxylic acids is 2. The Labute approximate surface area is 153 Å². The van der Waals surface area contributed by atoms with Crippen LogP contribution >= 0.6 is 0 Å². The van der Waals surface area contributed by atoms with Crippen molar-refractivity contribution >= 4 is 21.9 Å². The topological polar surface area (TPSA) is 119 Å². The van der Waals surface area contributed by atoms with Crippen LogP contribution in [-0.4, -0.2) is 56.6 Å². The second-order valence-corrected chi connectivity index (χ2v) is 7.99. The summed E-state index contributed by atoms with van der Waals surface area (Å²) in [6.07, 6.45) is 5.25. The van der Waals surface area contributed by atoms with Crippen molar-refractivity contribution in [2.24, 2.45) is 0 Å². The number of nitrogens with one attached hydrogen (secondary N) is 1. The van der Waals surface area contributed by atoms with Crippen molar-refractivity contribution in [2.75, 3.05) is 26.2 Å². The van der Waals surface area contributed by atoms with Crippen molar-refractivity contribution in [1.82, 2.24) is 14.8 Å². The first-order chi connectivity index (χ1) is 12.3. The number of rotatable bonds is 6. The molecule has 0 bridgehead atoms. The zero-order valence-electron chi connectivity index (χ0n) is 15.1. The van der Waals surface area contributed by atoms with Gasteiger partial charge in [0.2, 0.25) is 10.0 Å². The van der Waals surface area contributed by atoms with E-state index in [4.69, 9.17) is 9.26 Å². The maximum absolute atomic E-state index is 12.2. The van der Waals surface area contributed by atoms with Crippen LogP contribution in [0.25, 0.3) is 0 Å². The summed E-state index contributed by atoms with van der Waals surface area (Å²) in [5.74, 6) is -0.940. The monoisotopic (exact) mass is 387 g/mol. The smallest absolute Gasteiger partial charge is 0.321 e. The van der Waals surface area contributed by atoms with E-state index in [2.05, 4.69) is 9.88 Å². The molecule has 2 heterocycles. The van der Waals surface area contributed by atoms with Gasteiger partial charge in [0.15, 0.2) is 12.4 Å². The minimum absolute atomic E-state index is 0.0954. The maximum atomic E-state index is 12.2. The van der Waals surface area contributed by atoms with Gasteiger partial charge in [0, 0.05) is 13.1 Å². The molecule has 1 N–H and O–H groups in total. The van der Waals surface area contributed by atoms with E-state index in [1.807, 2.05) is 0 Å². The fourth-order valence-electron chi connectivity index (χ4n) is 2.87. The Kier molecular flexibility index (Phi) is 7.15. The van der Waals surface area contributed by atoms with Crippen LogP contribution in [0.2, 0.25) is 0 Å². The Bertz CT molecular complexity index is 716. The third kappa shape index (κ3) is 5.53. The van der Waals surface area contributed by atoms with Crippen LogP contribution in [0.4, 0.5) is 0 Å². The standard InChI is InChI=1S/C16H25N3O6S/c1-12-16(13(2)25-18-12)26(22,23)17-10-15(21)24-11-14(20)19-8-6-4-3-5-7-9-19/h17H,3-11H2,1-2H3. The number of sulfonamides is 1. The number of nitrogens with zero attached hydrogens (tertiary/aromatic N) is 2. The lowest BCUT2D eigenvalue weighted by Crippen LogP contribution is -2.38. The molecule has 1 fully saturated rings. The Morgan fingerprint density at radius 1 is 1.15 bits per heavy atom. The normalized spacial score (nSPS) is 16.0. The summed E-state index contributed by atoms with van der Waals surface area (Å²) in [5.41, 5.74) is 0.204. The molecule has 26 heavy (non-hydrogen) atoms. The van der Waals surface area contributed by atoms with Crippen molar-refractivity contribution in [3.05, 3.63) is 11.5 Å². The van der Waals surface area contributed by atoms with Crippen LogP contribution in [0, 0.1) is 13.8 Å². The van der Waals surface area contributed by atoms with Crippen molar-refractivity contribution in [3.63, 3.8) is 0 Å². The van der Waals surface area contributed by atoms with Crippen molar-refractivity contribution in [1.29, 1.82) is 0 Å². The highest BCUT2D eigenvalue weighted by molar-refractivity contribution is 7.89. The molecule has 0 spiro atoms. The molecule has 1 aliphatic rings. The van der Waals surface area contributed by atoms with Gasteiger partial charge >= 0.3 is 5.97 Å². The molecule has 146 valence electrons. The predicted molar refractivity (Wildman–Crippen MR) is 91.8 cm³/mol. The fraction of sp³-hybridized carbons (Fsp3) is 0.688. The number of hydrogen-bond acceptors (Lipinski definition) is 7. The van der Waals surface area contributed by atoms with Gasteiger partial charge in [0.1, 0.15) is 17.1 Å². The van der Waals surface area contributed by atoms with E-state index >= 15 is 0 Å². The minimum atomic E-state index is -3.94. The molecule has 0 aliphatic carbocycles. The van der Waals surface area contributed by atoms with Crippen LogP contribution in [-0.2, 0) is 24.3 Å². The molecule has 1 aromatic heterocycles. The van der Waals surface area contributed by atoms with Crippen molar-refractivity contribution in [3.8, 4) is 0 Å². The molecule has 0 unspecified atom stereocenters. The number of hydrogen-bond donors (Lipinski definition) is 1. The van der Waals surface area contributed by atoms with Crippen LogP contribution < -0.4 is 4.72 Å². The summed E-state index contributed by atoms with van der Waals surface area (Å²) >= 11 is 0. The van der Waals surface area contributed by atoms with E-state index in [-0.39, 0.29) is 28.9 Å². The highest BCUT2D eigenvalue weighted by Crippen LogP contribution is 2.18. The van der Waals surface area contributed by atoms with Gasteiger partial charge in [0.05, 0.1) is 0 Å².